The maximum absolute atomic E-state index is 11.9. The third kappa shape index (κ3) is 3.61. The number of carbonyl (C=O) groups excluding carboxylic acids is 1. The number of Topliss-reactive ketones (excluding diaryl/α,β-unsaturated/α-hetero) is 1. The summed E-state index contributed by atoms with van der Waals surface area (Å²) in [5, 5.41) is 4.22. The number of rotatable bonds is 5. The number of aryl methyl sites for hydroxylation is 1. The lowest BCUT2D eigenvalue weighted by atomic mass is 10.1. The minimum absolute atomic E-state index is 0.140. The predicted molar refractivity (Wildman–Crippen MR) is 85.3 cm³/mol. The van der Waals surface area contributed by atoms with E-state index in [0.717, 1.165) is 11.3 Å². The summed E-state index contributed by atoms with van der Waals surface area (Å²) in [4.78, 5) is 23.5. The Hall–Kier alpha value is -2.43. The highest BCUT2D eigenvalue weighted by Crippen LogP contribution is 2.22. The summed E-state index contributed by atoms with van der Waals surface area (Å²) in [5.41, 5.74) is 1.13. The van der Waals surface area contributed by atoms with Gasteiger partial charge in [0.15, 0.2) is 5.78 Å². The van der Waals surface area contributed by atoms with Crippen molar-refractivity contribution in [3.63, 3.8) is 0 Å². The van der Waals surface area contributed by atoms with Crippen LogP contribution in [0.4, 0.5) is 0 Å². The number of hydrogen-bond acceptors (Lipinski definition) is 4. The van der Waals surface area contributed by atoms with Gasteiger partial charge >= 0.3 is 0 Å². The molecule has 22 heavy (non-hydrogen) atoms. The molecule has 116 valence electrons. The lowest BCUT2D eigenvalue weighted by Gasteiger charge is -2.10. The van der Waals surface area contributed by atoms with Crippen LogP contribution in [0.1, 0.15) is 31.1 Å². The fourth-order valence-corrected chi connectivity index (χ4v) is 2.01. The fraction of sp³-hybridized carbons (Fsp3) is 0.353. The van der Waals surface area contributed by atoms with E-state index in [9.17, 15) is 9.59 Å². The highest BCUT2D eigenvalue weighted by Gasteiger charge is 2.12. The largest absolute Gasteiger partial charge is 0.493 e. The molecule has 0 saturated heterocycles. The van der Waals surface area contributed by atoms with E-state index in [1.807, 2.05) is 24.3 Å². The third-order valence-electron chi connectivity index (χ3n) is 3.16. The maximum atomic E-state index is 11.9. The van der Waals surface area contributed by atoms with Crippen LogP contribution in [-0.4, -0.2) is 22.2 Å². The molecule has 0 radical (unpaired) electrons. The minimum atomic E-state index is -0.386. The number of nitrogens with zero attached hydrogens (tertiary/aromatic N) is 2. The Labute approximate surface area is 129 Å². The molecule has 5 heteroatoms. The smallest absolute Gasteiger partial charge is 0.277 e. The summed E-state index contributed by atoms with van der Waals surface area (Å²) in [6, 6.07) is 9.01. The quantitative estimate of drug-likeness (QED) is 0.797. The van der Waals surface area contributed by atoms with E-state index in [0.29, 0.717) is 18.2 Å². The zero-order valence-electron chi connectivity index (χ0n) is 13.3. The third-order valence-corrected chi connectivity index (χ3v) is 3.16. The van der Waals surface area contributed by atoms with Gasteiger partial charge in [-0.2, -0.15) is 5.10 Å². The molecule has 0 atom stereocenters. The van der Waals surface area contributed by atoms with Crippen molar-refractivity contribution in [3.8, 4) is 17.0 Å². The van der Waals surface area contributed by atoms with Gasteiger partial charge < -0.3 is 4.74 Å². The van der Waals surface area contributed by atoms with E-state index in [1.54, 1.807) is 0 Å². The van der Waals surface area contributed by atoms with Gasteiger partial charge in [0.05, 0.1) is 17.9 Å². The van der Waals surface area contributed by atoms with Crippen LogP contribution in [0.2, 0.25) is 0 Å². The normalized spacial score (nSPS) is 10.8. The van der Waals surface area contributed by atoms with Crippen molar-refractivity contribution in [2.75, 3.05) is 6.61 Å². The van der Waals surface area contributed by atoms with E-state index in [1.165, 1.54) is 24.7 Å². The number of carbonyl (C=O) groups is 1. The molecule has 0 aliphatic heterocycles. The lowest BCUT2D eigenvalue weighted by molar-refractivity contribution is 0.101. The van der Waals surface area contributed by atoms with E-state index < -0.39 is 0 Å². The Kier molecular flexibility index (Phi) is 4.75. The van der Waals surface area contributed by atoms with Crippen molar-refractivity contribution in [2.24, 2.45) is 13.0 Å². The van der Waals surface area contributed by atoms with Crippen molar-refractivity contribution < 1.29 is 9.53 Å². The van der Waals surface area contributed by atoms with Crippen LogP contribution in [0.5, 0.6) is 5.75 Å². The lowest BCUT2D eigenvalue weighted by Crippen LogP contribution is -2.25. The monoisotopic (exact) mass is 300 g/mol. The van der Waals surface area contributed by atoms with Crippen LogP contribution in [0.3, 0.4) is 0 Å². The second-order valence-electron chi connectivity index (χ2n) is 5.66. The summed E-state index contributed by atoms with van der Waals surface area (Å²) in [5.74, 6) is 0.909. The molecular weight excluding hydrogens is 280 g/mol. The molecule has 1 heterocycles. The Morgan fingerprint density at radius 2 is 2.05 bits per heavy atom. The van der Waals surface area contributed by atoms with E-state index >= 15 is 0 Å². The molecular formula is C17H20N2O3. The summed E-state index contributed by atoms with van der Waals surface area (Å²) in [6.07, 6.45) is 0. The predicted octanol–water partition coefficient (Wildman–Crippen LogP) is 2.68. The molecule has 0 N–H and O–H groups in total. The molecule has 1 aromatic heterocycles. The SMILES string of the molecule is CC(=O)c1cc(-c2cccc(OCC(C)C)c2)nn(C)c1=O. The number of ketones is 1. The van der Waals surface area contributed by atoms with Gasteiger partial charge in [0, 0.05) is 12.6 Å². The molecule has 0 spiro atoms. The highest BCUT2D eigenvalue weighted by molar-refractivity contribution is 5.94. The number of benzene rings is 1. The fourth-order valence-electron chi connectivity index (χ4n) is 2.01. The number of aromatic nitrogens is 2. The molecule has 2 aromatic rings. The maximum Gasteiger partial charge on any atom is 0.277 e. The highest BCUT2D eigenvalue weighted by atomic mass is 16.5. The standard InChI is InChI=1S/C17H20N2O3/c1-11(2)10-22-14-7-5-6-13(8-14)16-9-15(12(3)20)17(21)19(4)18-16/h5-9,11H,10H2,1-4H3. The Balaban J connectivity index is 2.42. The minimum Gasteiger partial charge on any atom is -0.493 e. The molecule has 0 fully saturated rings. The molecule has 1 aromatic carbocycles. The van der Waals surface area contributed by atoms with E-state index in [4.69, 9.17) is 4.74 Å². The van der Waals surface area contributed by atoms with Crippen molar-refractivity contribution in [3.05, 3.63) is 46.2 Å². The van der Waals surface area contributed by atoms with Gasteiger partial charge in [-0.15, -0.1) is 0 Å². The first kappa shape index (κ1) is 15.9. The van der Waals surface area contributed by atoms with Gasteiger partial charge in [-0.05, 0) is 31.0 Å². The Morgan fingerprint density at radius 3 is 2.68 bits per heavy atom. The van der Waals surface area contributed by atoms with Crippen molar-refractivity contribution in [2.45, 2.75) is 20.8 Å². The van der Waals surface area contributed by atoms with Gasteiger partial charge in [-0.25, -0.2) is 4.68 Å². The topological polar surface area (TPSA) is 61.2 Å². The zero-order chi connectivity index (χ0) is 16.3. The molecule has 0 saturated carbocycles. The first-order valence-electron chi connectivity index (χ1n) is 7.21. The van der Waals surface area contributed by atoms with E-state index in [2.05, 4.69) is 18.9 Å². The molecule has 0 aliphatic carbocycles. The first-order chi connectivity index (χ1) is 10.4. The van der Waals surface area contributed by atoms with Crippen LogP contribution in [-0.2, 0) is 7.05 Å². The van der Waals surface area contributed by atoms with Crippen LogP contribution in [0.15, 0.2) is 35.1 Å². The summed E-state index contributed by atoms with van der Waals surface area (Å²) in [7, 11) is 1.54. The van der Waals surface area contributed by atoms with Gasteiger partial charge in [-0.1, -0.05) is 26.0 Å². The Morgan fingerprint density at radius 1 is 1.32 bits per heavy atom. The molecule has 0 bridgehead atoms. The second kappa shape index (κ2) is 6.56. The molecule has 0 unspecified atom stereocenters. The average Bonchev–Trinajstić information content (AvgIpc) is 2.47. The van der Waals surface area contributed by atoms with Crippen molar-refractivity contribution in [1.29, 1.82) is 0 Å². The first-order valence-corrected chi connectivity index (χ1v) is 7.21. The van der Waals surface area contributed by atoms with Crippen LogP contribution < -0.4 is 10.3 Å². The molecule has 2 rings (SSSR count). The van der Waals surface area contributed by atoms with Crippen LogP contribution in [0, 0.1) is 5.92 Å². The van der Waals surface area contributed by atoms with Gasteiger partial charge in [0.1, 0.15) is 5.75 Å². The van der Waals surface area contributed by atoms with Crippen LogP contribution >= 0.6 is 0 Å². The number of ether oxygens (including phenoxy) is 1. The van der Waals surface area contributed by atoms with Gasteiger partial charge in [0.25, 0.3) is 5.56 Å². The zero-order valence-corrected chi connectivity index (χ0v) is 13.3. The number of hydrogen-bond donors (Lipinski definition) is 0. The molecule has 5 nitrogen and oxygen atoms in total. The van der Waals surface area contributed by atoms with Crippen LogP contribution in [0.25, 0.3) is 11.3 Å². The van der Waals surface area contributed by atoms with Crippen molar-refractivity contribution in [1.82, 2.24) is 9.78 Å². The Bertz CT molecular complexity index is 748. The van der Waals surface area contributed by atoms with Crippen molar-refractivity contribution >= 4 is 5.78 Å². The van der Waals surface area contributed by atoms with Gasteiger partial charge in [-0.3, -0.25) is 9.59 Å². The second-order valence-corrected chi connectivity index (χ2v) is 5.66. The molecule has 0 amide bonds. The van der Waals surface area contributed by atoms with E-state index in [-0.39, 0.29) is 16.9 Å². The average molecular weight is 300 g/mol. The summed E-state index contributed by atoms with van der Waals surface area (Å²) >= 11 is 0. The molecule has 0 aliphatic rings. The van der Waals surface area contributed by atoms with Gasteiger partial charge in [0.2, 0.25) is 0 Å². The summed E-state index contributed by atoms with van der Waals surface area (Å²) < 4.78 is 6.89. The summed E-state index contributed by atoms with van der Waals surface area (Å²) in [6.45, 7) is 6.17.